The number of allylic oxidation sites excluding steroid dienone is 4. The third-order valence-corrected chi connectivity index (χ3v) is 6.44. The summed E-state index contributed by atoms with van der Waals surface area (Å²) < 4.78 is 74.7. The van der Waals surface area contributed by atoms with Crippen molar-refractivity contribution in [3.05, 3.63) is 100 Å². The molecule has 38 heavy (non-hydrogen) atoms. The van der Waals surface area contributed by atoms with Crippen molar-refractivity contribution < 1.29 is 22.0 Å². The zero-order chi connectivity index (χ0) is 26.6. The van der Waals surface area contributed by atoms with E-state index in [-0.39, 0.29) is 28.7 Å². The Morgan fingerprint density at radius 2 is 1.79 bits per heavy atom. The van der Waals surface area contributed by atoms with Gasteiger partial charge < -0.3 is 4.57 Å². The van der Waals surface area contributed by atoms with Crippen LogP contribution in [-0.4, -0.2) is 29.1 Å². The maximum atomic E-state index is 15.1. The molecule has 1 aliphatic carbocycles. The van der Waals surface area contributed by atoms with Gasteiger partial charge in [-0.3, -0.25) is 4.79 Å². The molecular weight excluding hydrogens is 507 g/mol. The van der Waals surface area contributed by atoms with Crippen molar-refractivity contribution in [1.29, 1.82) is 0 Å². The Hall–Kier alpha value is -4.61. The monoisotopic (exact) mass is 524 g/mol. The summed E-state index contributed by atoms with van der Waals surface area (Å²) in [5.41, 5.74) is -0.843. The molecule has 6 rings (SSSR count). The SMILES string of the molecule is O=c1c2cn(CC3=CC=C(n4cccn4)CC3)c3c(F)ccc(F)c3c-2nn1-c1ncccc1C(F)(F)F. The first kappa shape index (κ1) is 23.8. The van der Waals surface area contributed by atoms with E-state index >= 15 is 8.78 Å². The summed E-state index contributed by atoms with van der Waals surface area (Å²) in [5, 5.41) is 7.91. The van der Waals surface area contributed by atoms with Gasteiger partial charge in [-0.2, -0.15) is 28.1 Å². The number of alkyl halides is 3. The van der Waals surface area contributed by atoms with Crippen molar-refractivity contribution in [3.63, 3.8) is 0 Å². The molecular formula is C26H17F5N6O. The van der Waals surface area contributed by atoms with Crippen molar-refractivity contribution in [1.82, 2.24) is 29.1 Å². The van der Waals surface area contributed by atoms with Gasteiger partial charge in [-0.15, -0.1) is 0 Å². The van der Waals surface area contributed by atoms with Gasteiger partial charge in [-0.25, -0.2) is 18.4 Å². The maximum Gasteiger partial charge on any atom is 0.420 e. The fourth-order valence-electron chi connectivity index (χ4n) is 4.69. The van der Waals surface area contributed by atoms with Crippen molar-refractivity contribution in [3.8, 4) is 17.1 Å². The largest absolute Gasteiger partial charge is 0.420 e. The zero-order valence-corrected chi connectivity index (χ0v) is 19.5. The van der Waals surface area contributed by atoms with Gasteiger partial charge >= 0.3 is 6.18 Å². The molecule has 12 heteroatoms. The van der Waals surface area contributed by atoms with Crippen molar-refractivity contribution in [2.24, 2.45) is 0 Å². The first-order chi connectivity index (χ1) is 18.2. The molecule has 0 saturated heterocycles. The molecule has 0 bridgehead atoms. The Balaban J connectivity index is 1.54. The smallest absolute Gasteiger partial charge is 0.340 e. The second kappa shape index (κ2) is 8.75. The molecule has 1 aromatic carbocycles. The Morgan fingerprint density at radius 3 is 2.50 bits per heavy atom. The van der Waals surface area contributed by atoms with Gasteiger partial charge in [0.1, 0.15) is 22.9 Å². The summed E-state index contributed by atoms with van der Waals surface area (Å²) in [4.78, 5) is 17.0. The molecule has 0 unspecified atom stereocenters. The highest BCUT2D eigenvalue weighted by Crippen LogP contribution is 2.35. The van der Waals surface area contributed by atoms with Gasteiger partial charge in [0, 0.05) is 37.0 Å². The fourth-order valence-corrected chi connectivity index (χ4v) is 4.69. The van der Waals surface area contributed by atoms with Crippen LogP contribution in [0, 0.1) is 11.6 Å². The van der Waals surface area contributed by atoms with Crippen LogP contribution in [0.5, 0.6) is 0 Å². The molecule has 3 aromatic rings. The standard InChI is InChI=1S/C26H17F5N6O/c27-19-8-9-20(28)23-21(19)22-17(25(38)37(34-22)24-18(26(29,30)31)3-1-10-32-24)14-35(23)13-15-4-6-16(7-5-15)36-12-2-11-33-36/h1-4,6,8-12,14H,5,7,13H2. The summed E-state index contributed by atoms with van der Waals surface area (Å²) in [6.45, 7) is 0.123. The lowest BCUT2D eigenvalue weighted by Crippen LogP contribution is -2.21. The lowest BCUT2D eigenvalue weighted by molar-refractivity contribution is -0.137. The van der Waals surface area contributed by atoms with Crippen LogP contribution in [0.15, 0.2) is 77.6 Å². The molecule has 192 valence electrons. The average molecular weight is 524 g/mol. The lowest BCUT2D eigenvalue weighted by atomic mass is 10.0. The number of nitrogens with zero attached hydrogens (tertiary/aromatic N) is 6. The molecule has 7 nitrogen and oxygen atoms in total. The number of rotatable bonds is 4. The predicted molar refractivity (Wildman–Crippen MR) is 128 cm³/mol. The average Bonchev–Trinajstić information content (AvgIpc) is 3.55. The van der Waals surface area contributed by atoms with Crippen LogP contribution in [0.25, 0.3) is 33.7 Å². The van der Waals surface area contributed by atoms with Crippen molar-refractivity contribution in [2.75, 3.05) is 0 Å². The summed E-state index contributed by atoms with van der Waals surface area (Å²) in [7, 11) is 0. The number of benzene rings is 1. The van der Waals surface area contributed by atoms with E-state index < -0.39 is 34.8 Å². The number of aromatic nitrogens is 6. The van der Waals surface area contributed by atoms with Gasteiger partial charge in [-0.05, 0) is 49.2 Å². The van der Waals surface area contributed by atoms with Crippen LogP contribution in [-0.2, 0) is 12.7 Å². The predicted octanol–water partition coefficient (Wildman–Crippen LogP) is 5.44. The second-order valence-corrected chi connectivity index (χ2v) is 8.79. The topological polar surface area (TPSA) is 70.5 Å². The van der Waals surface area contributed by atoms with Crippen LogP contribution in [0.3, 0.4) is 0 Å². The minimum absolute atomic E-state index is 0.123. The van der Waals surface area contributed by atoms with Gasteiger partial charge in [0.2, 0.25) is 0 Å². The highest BCUT2D eigenvalue weighted by Gasteiger charge is 2.36. The summed E-state index contributed by atoms with van der Waals surface area (Å²) >= 11 is 0. The molecule has 0 amide bonds. The minimum Gasteiger partial charge on any atom is -0.340 e. The fraction of sp³-hybridized carbons (Fsp3) is 0.154. The number of pyridine rings is 2. The van der Waals surface area contributed by atoms with Gasteiger partial charge in [0.25, 0.3) is 5.56 Å². The van der Waals surface area contributed by atoms with E-state index in [1.807, 2.05) is 18.3 Å². The quantitative estimate of drug-likeness (QED) is 0.294. The van der Waals surface area contributed by atoms with E-state index in [2.05, 4.69) is 15.2 Å². The first-order valence-electron chi connectivity index (χ1n) is 11.5. The van der Waals surface area contributed by atoms with Crippen molar-refractivity contribution in [2.45, 2.75) is 25.6 Å². The van der Waals surface area contributed by atoms with Gasteiger partial charge in [-0.1, -0.05) is 11.6 Å². The molecule has 2 aliphatic heterocycles. The second-order valence-electron chi connectivity index (χ2n) is 8.79. The molecule has 0 atom stereocenters. The van der Waals surface area contributed by atoms with Gasteiger partial charge in [0.15, 0.2) is 5.82 Å². The normalized spacial score (nSPS) is 14.2. The molecule has 0 saturated carbocycles. The van der Waals surface area contributed by atoms with Crippen LogP contribution in [0.2, 0.25) is 0 Å². The third kappa shape index (κ3) is 3.88. The number of hydrogen-bond donors (Lipinski definition) is 0. The summed E-state index contributed by atoms with van der Waals surface area (Å²) in [5.74, 6) is -2.37. The summed E-state index contributed by atoms with van der Waals surface area (Å²) in [6, 6.07) is 5.51. The van der Waals surface area contributed by atoms with Gasteiger partial charge in [0.05, 0.1) is 16.5 Å². The molecule has 0 spiro atoms. The van der Waals surface area contributed by atoms with E-state index in [0.29, 0.717) is 17.5 Å². The molecule has 0 N–H and O–H groups in total. The first-order valence-corrected chi connectivity index (χ1v) is 11.5. The van der Waals surface area contributed by atoms with E-state index in [1.165, 1.54) is 10.8 Å². The lowest BCUT2D eigenvalue weighted by Gasteiger charge is -2.19. The van der Waals surface area contributed by atoms with Crippen LogP contribution >= 0.6 is 0 Å². The highest BCUT2D eigenvalue weighted by atomic mass is 19.4. The molecule has 0 fully saturated rings. The number of hydrogen-bond acceptors (Lipinski definition) is 4. The maximum absolute atomic E-state index is 15.1. The number of halogens is 5. The van der Waals surface area contributed by atoms with Crippen LogP contribution < -0.4 is 5.56 Å². The molecule has 4 heterocycles. The summed E-state index contributed by atoms with van der Waals surface area (Å²) in [6.07, 6.45) is 6.04. The Bertz CT molecular complexity index is 1780. The molecule has 3 aliphatic rings. The van der Waals surface area contributed by atoms with Crippen LogP contribution in [0.4, 0.5) is 22.0 Å². The Morgan fingerprint density at radius 1 is 0.974 bits per heavy atom. The highest BCUT2D eigenvalue weighted by molar-refractivity contribution is 5.94. The Labute approximate surface area is 211 Å². The van der Waals surface area contributed by atoms with E-state index in [0.717, 1.165) is 41.7 Å². The number of fused-ring (bicyclic) bond motifs is 3. The molecule has 2 aromatic heterocycles. The molecule has 0 radical (unpaired) electrons. The Kier molecular flexibility index (Phi) is 5.47. The van der Waals surface area contributed by atoms with E-state index in [1.54, 1.807) is 16.9 Å². The zero-order valence-electron chi connectivity index (χ0n) is 19.5. The van der Waals surface area contributed by atoms with Crippen LogP contribution in [0.1, 0.15) is 18.4 Å². The van der Waals surface area contributed by atoms with Crippen molar-refractivity contribution >= 4 is 16.6 Å². The minimum atomic E-state index is -4.82. The van der Waals surface area contributed by atoms with E-state index in [9.17, 15) is 18.0 Å². The third-order valence-electron chi connectivity index (χ3n) is 6.44. The van der Waals surface area contributed by atoms with E-state index in [4.69, 9.17) is 0 Å².